The second kappa shape index (κ2) is 8.11. The highest BCUT2D eigenvalue weighted by Crippen LogP contribution is 2.27. The Morgan fingerprint density at radius 2 is 1.87 bits per heavy atom. The molecule has 158 valence electrons. The molecule has 31 heavy (non-hydrogen) atoms. The summed E-state index contributed by atoms with van der Waals surface area (Å²) in [6.45, 7) is 1.61. The van der Waals surface area contributed by atoms with Gasteiger partial charge in [0.25, 0.3) is 5.56 Å². The molecule has 8 heteroatoms. The third-order valence-corrected chi connectivity index (χ3v) is 6.53. The van der Waals surface area contributed by atoms with Crippen LogP contribution in [0.5, 0.6) is 5.75 Å². The minimum Gasteiger partial charge on any atom is -0.497 e. The number of H-pyrrole nitrogens is 1. The number of carbonyl (C=O) groups is 1. The highest BCUT2D eigenvalue weighted by molar-refractivity contribution is 7.99. The van der Waals surface area contributed by atoms with Gasteiger partial charge in [-0.2, -0.15) is 0 Å². The quantitative estimate of drug-likeness (QED) is 0.384. The van der Waals surface area contributed by atoms with E-state index in [1.54, 1.807) is 23.8 Å². The molecule has 0 atom stereocenters. The lowest BCUT2D eigenvalue weighted by Gasteiger charge is -2.16. The minimum atomic E-state index is -0.192. The number of carbonyl (C=O) groups excluding carboxylic acids is 1. The molecule has 4 aromatic rings. The molecule has 0 saturated carbocycles. The number of benzene rings is 2. The maximum atomic E-state index is 13.5. The molecular weight excluding hydrogens is 412 g/mol. The number of aromatic amines is 1. The largest absolute Gasteiger partial charge is 0.497 e. The molecule has 1 fully saturated rings. The van der Waals surface area contributed by atoms with Crippen LogP contribution in [-0.4, -0.2) is 51.3 Å². The summed E-state index contributed by atoms with van der Waals surface area (Å²) in [5.74, 6) is 1.03. The molecule has 1 N–H and O–H groups in total. The van der Waals surface area contributed by atoms with Gasteiger partial charge in [0.1, 0.15) is 16.8 Å². The molecular formula is C23H22N4O3S. The summed E-state index contributed by atoms with van der Waals surface area (Å²) in [4.78, 5) is 36.1. The number of nitrogens with zero attached hydrogens (tertiary/aromatic N) is 3. The Balaban J connectivity index is 1.63. The van der Waals surface area contributed by atoms with Crippen LogP contribution in [0.15, 0.2) is 58.5 Å². The van der Waals surface area contributed by atoms with Crippen LogP contribution in [0.3, 0.4) is 0 Å². The number of ether oxygens (including phenoxy) is 1. The Morgan fingerprint density at radius 3 is 2.61 bits per heavy atom. The van der Waals surface area contributed by atoms with E-state index >= 15 is 0 Å². The van der Waals surface area contributed by atoms with Gasteiger partial charge < -0.3 is 14.6 Å². The van der Waals surface area contributed by atoms with Crippen molar-refractivity contribution in [2.24, 2.45) is 0 Å². The van der Waals surface area contributed by atoms with Gasteiger partial charge in [0.05, 0.1) is 18.6 Å². The number of methoxy groups -OCH3 is 1. The first-order valence-electron chi connectivity index (χ1n) is 10.2. The van der Waals surface area contributed by atoms with Crippen molar-refractivity contribution in [3.63, 3.8) is 0 Å². The summed E-state index contributed by atoms with van der Waals surface area (Å²) in [6.07, 6.45) is 2.10. The number of nitrogens with one attached hydrogen (secondary N) is 1. The van der Waals surface area contributed by atoms with E-state index in [-0.39, 0.29) is 17.2 Å². The molecule has 1 amide bonds. The molecule has 0 radical (unpaired) electrons. The summed E-state index contributed by atoms with van der Waals surface area (Å²) in [5, 5.41) is 1.39. The Kier molecular flexibility index (Phi) is 5.15. The average Bonchev–Trinajstić information content (AvgIpc) is 3.46. The molecule has 7 nitrogen and oxygen atoms in total. The summed E-state index contributed by atoms with van der Waals surface area (Å²) in [5.41, 5.74) is 2.42. The molecule has 1 aliphatic rings. The van der Waals surface area contributed by atoms with Gasteiger partial charge in [0.15, 0.2) is 5.16 Å². The van der Waals surface area contributed by atoms with Crippen molar-refractivity contribution in [1.82, 2.24) is 19.4 Å². The Hall–Kier alpha value is -3.26. The van der Waals surface area contributed by atoms with E-state index in [0.717, 1.165) is 36.8 Å². The number of amides is 1. The molecule has 5 rings (SSSR count). The second-order valence-corrected chi connectivity index (χ2v) is 8.45. The Labute approximate surface area is 183 Å². The fourth-order valence-electron chi connectivity index (χ4n) is 3.98. The minimum absolute atomic E-state index is 0.0806. The van der Waals surface area contributed by atoms with Crippen molar-refractivity contribution in [2.45, 2.75) is 18.0 Å². The zero-order valence-electron chi connectivity index (χ0n) is 17.1. The average molecular weight is 435 g/mol. The van der Waals surface area contributed by atoms with Gasteiger partial charge in [-0.05, 0) is 43.2 Å². The van der Waals surface area contributed by atoms with Crippen LogP contribution in [0.4, 0.5) is 0 Å². The van der Waals surface area contributed by atoms with Gasteiger partial charge in [0.2, 0.25) is 5.91 Å². The number of hydrogen-bond acceptors (Lipinski definition) is 5. The van der Waals surface area contributed by atoms with E-state index in [1.165, 1.54) is 11.8 Å². The third-order valence-electron chi connectivity index (χ3n) is 5.61. The normalized spacial score (nSPS) is 13.9. The maximum Gasteiger partial charge on any atom is 0.283 e. The molecule has 0 bridgehead atoms. The van der Waals surface area contributed by atoms with Gasteiger partial charge in [-0.1, -0.05) is 30.0 Å². The molecule has 3 heterocycles. The van der Waals surface area contributed by atoms with Crippen LogP contribution in [0.2, 0.25) is 0 Å². The highest BCUT2D eigenvalue weighted by atomic mass is 32.2. The van der Waals surface area contributed by atoms with E-state index in [4.69, 9.17) is 9.72 Å². The number of aromatic nitrogens is 3. The Morgan fingerprint density at radius 1 is 1.13 bits per heavy atom. The topological polar surface area (TPSA) is 80.2 Å². The predicted octanol–water partition coefficient (Wildman–Crippen LogP) is 3.59. The number of fused-ring (bicyclic) bond motifs is 3. The van der Waals surface area contributed by atoms with Gasteiger partial charge >= 0.3 is 0 Å². The smallest absolute Gasteiger partial charge is 0.283 e. The third kappa shape index (κ3) is 3.57. The molecule has 0 spiro atoms. The molecule has 2 aromatic carbocycles. The first-order chi connectivity index (χ1) is 15.2. The lowest BCUT2D eigenvalue weighted by Crippen LogP contribution is -2.29. The van der Waals surface area contributed by atoms with Crippen molar-refractivity contribution in [3.05, 3.63) is 58.9 Å². The molecule has 1 aliphatic heterocycles. The number of thioether (sulfide) groups is 1. The second-order valence-electron chi connectivity index (χ2n) is 7.50. The van der Waals surface area contributed by atoms with Crippen molar-refractivity contribution in [2.75, 3.05) is 26.0 Å². The Bertz CT molecular complexity index is 1320. The lowest BCUT2D eigenvalue weighted by molar-refractivity contribution is -0.127. The zero-order valence-corrected chi connectivity index (χ0v) is 17.9. The van der Waals surface area contributed by atoms with Gasteiger partial charge in [-0.15, -0.1) is 0 Å². The van der Waals surface area contributed by atoms with E-state index in [1.807, 2.05) is 41.3 Å². The number of hydrogen-bond donors (Lipinski definition) is 1. The lowest BCUT2D eigenvalue weighted by atomic mass is 10.2. The molecule has 0 unspecified atom stereocenters. The van der Waals surface area contributed by atoms with Crippen LogP contribution >= 0.6 is 11.8 Å². The van der Waals surface area contributed by atoms with Crippen molar-refractivity contribution in [1.29, 1.82) is 0 Å². The number of rotatable bonds is 5. The van der Waals surface area contributed by atoms with Gasteiger partial charge in [0, 0.05) is 24.0 Å². The molecule has 0 aliphatic carbocycles. The standard InChI is InChI=1S/C23H22N4O3S/c1-30-16-10-8-15(9-11-16)27-22(29)21-20(17-6-2-3-7-18(17)24-21)25-23(27)31-14-19(28)26-12-4-5-13-26/h2-3,6-11,24H,4-5,12-14H2,1H3. The van der Waals surface area contributed by atoms with Crippen LogP contribution in [0.1, 0.15) is 12.8 Å². The van der Waals surface area contributed by atoms with Crippen molar-refractivity contribution in [3.8, 4) is 11.4 Å². The fraction of sp³-hybridized carbons (Fsp3) is 0.261. The molecule has 2 aromatic heterocycles. The van der Waals surface area contributed by atoms with E-state index in [0.29, 0.717) is 27.6 Å². The predicted molar refractivity (Wildman–Crippen MR) is 122 cm³/mol. The summed E-state index contributed by atoms with van der Waals surface area (Å²) in [7, 11) is 1.60. The number of para-hydroxylation sites is 1. The van der Waals surface area contributed by atoms with Crippen LogP contribution in [-0.2, 0) is 4.79 Å². The first kappa shape index (κ1) is 19.7. The SMILES string of the molecule is COc1ccc(-n2c(SCC(=O)N3CCCC3)nc3c([nH]c4ccccc43)c2=O)cc1. The zero-order chi connectivity index (χ0) is 21.4. The van der Waals surface area contributed by atoms with Crippen LogP contribution in [0, 0.1) is 0 Å². The fourth-order valence-corrected chi connectivity index (χ4v) is 4.89. The number of likely N-dealkylation sites (tertiary alicyclic amines) is 1. The molecule has 1 saturated heterocycles. The van der Waals surface area contributed by atoms with Crippen molar-refractivity contribution >= 4 is 39.6 Å². The maximum absolute atomic E-state index is 13.5. The van der Waals surface area contributed by atoms with E-state index in [9.17, 15) is 9.59 Å². The van der Waals surface area contributed by atoms with Crippen molar-refractivity contribution < 1.29 is 9.53 Å². The van der Waals surface area contributed by atoms with Crippen LogP contribution in [0.25, 0.3) is 27.6 Å². The summed E-state index contributed by atoms with van der Waals surface area (Å²) in [6, 6.07) is 15.0. The highest BCUT2D eigenvalue weighted by Gasteiger charge is 2.21. The van der Waals surface area contributed by atoms with E-state index < -0.39 is 0 Å². The first-order valence-corrected chi connectivity index (χ1v) is 11.2. The summed E-state index contributed by atoms with van der Waals surface area (Å²) < 4.78 is 6.82. The van der Waals surface area contributed by atoms with Crippen LogP contribution < -0.4 is 10.3 Å². The summed E-state index contributed by atoms with van der Waals surface area (Å²) >= 11 is 1.30. The van der Waals surface area contributed by atoms with E-state index in [2.05, 4.69) is 4.98 Å². The monoisotopic (exact) mass is 434 g/mol. The van der Waals surface area contributed by atoms with Gasteiger partial charge in [-0.25, -0.2) is 4.98 Å². The van der Waals surface area contributed by atoms with Gasteiger partial charge in [-0.3, -0.25) is 14.2 Å².